The maximum absolute atomic E-state index is 12.9. The van der Waals surface area contributed by atoms with E-state index in [0.717, 1.165) is 12.8 Å². The van der Waals surface area contributed by atoms with Gasteiger partial charge in [0.25, 0.3) is 0 Å². The molecule has 23 heavy (non-hydrogen) atoms. The van der Waals surface area contributed by atoms with E-state index >= 15 is 0 Å². The minimum Gasteiger partial charge on any atom is -0.360 e. The molecular formula is C16H17N3O4. The molecule has 1 aromatic rings. The van der Waals surface area contributed by atoms with Gasteiger partial charge < -0.3 is 14.6 Å². The van der Waals surface area contributed by atoms with Crippen molar-refractivity contribution in [2.75, 3.05) is 11.4 Å². The largest absolute Gasteiger partial charge is 0.360 e. The van der Waals surface area contributed by atoms with E-state index in [9.17, 15) is 9.59 Å². The zero-order valence-electron chi connectivity index (χ0n) is 12.7. The number of aromatic nitrogens is 1. The van der Waals surface area contributed by atoms with Crippen LogP contribution in [0.1, 0.15) is 18.6 Å². The van der Waals surface area contributed by atoms with Gasteiger partial charge >= 0.3 is 0 Å². The third-order valence-electron chi connectivity index (χ3n) is 5.22. The molecule has 3 fully saturated rings. The standard InChI is InChI=1S/C16H17N3O4/c1-8-6-11(18-23-8)19-7-16-5-4-10(22-16)12(13(16)15(19)21)14(20)17-9-2-3-9/h4-6,9-10,12-13H,2-3,7H2,1H3,(H,17,20)/t10-,12-,13-,16+/m1/s1. The summed E-state index contributed by atoms with van der Waals surface area (Å²) in [5.74, 6) is 0.0185. The Morgan fingerprint density at radius 2 is 2.30 bits per heavy atom. The number of carbonyl (C=O) groups excluding carboxylic acids is 2. The third kappa shape index (κ3) is 1.77. The van der Waals surface area contributed by atoms with Crippen LogP contribution >= 0.6 is 0 Å². The number of ether oxygens (including phenoxy) is 1. The second kappa shape index (κ2) is 4.23. The molecule has 4 aliphatic rings. The summed E-state index contributed by atoms with van der Waals surface area (Å²) in [7, 11) is 0. The van der Waals surface area contributed by atoms with Gasteiger partial charge in [0.1, 0.15) is 11.4 Å². The number of nitrogens with zero attached hydrogens (tertiary/aromatic N) is 2. The van der Waals surface area contributed by atoms with Gasteiger partial charge in [0.2, 0.25) is 11.8 Å². The molecule has 4 atom stereocenters. The average Bonchev–Trinajstić information content (AvgIpc) is 2.87. The molecule has 5 rings (SSSR count). The van der Waals surface area contributed by atoms with Crippen molar-refractivity contribution in [3.8, 4) is 0 Å². The summed E-state index contributed by atoms with van der Waals surface area (Å²) in [6.45, 7) is 2.16. The minimum atomic E-state index is -0.708. The van der Waals surface area contributed by atoms with Crippen LogP contribution in [0.25, 0.3) is 0 Å². The van der Waals surface area contributed by atoms with Gasteiger partial charge in [-0.15, -0.1) is 0 Å². The molecule has 2 amide bonds. The van der Waals surface area contributed by atoms with Gasteiger partial charge in [0, 0.05) is 12.1 Å². The molecule has 7 nitrogen and oxygen atoms in total. The molecule has 120 valence electrons. The normalized spacial score (nSPS) is 37.5. The highest BCUT2D eigenvalue weighted by molar-refractivity contribution is 6.02. The van der Waals surface area contributed by atoms with Crippen molar-refractivity contribution >= 4 is 17.6 Å². The molecule has 7 heteroatoms. The summed E-state index contributed by atoms with van der Waals surface area (Å²) in [6, 6.07) is 2.00. The molecule has 0 radical (unpaired) electrons. The zero-order valence-corrected chi connectivity index (χ0v) is 12.7. The molecule has 3 aliphatic heterocycles. The molecule has 0 unspecified atom stereocenters. The fourth-order valence-corrected chi connectivity index (χ4v) is 4.00. The highest BCUT2D eigenvalue weighted by Gasteiger charge is 2.67. The van der Waals surface area contributed by atoms with Gasteiger partial charge in [0.15, 0.2) is 5.82 Å². The first kappa shape index (κ1) is 13.3. The number of aryl methyl sites for hydroxylation is 1. The minimum absolute atomic E-state index is 0.0692. The lowest BCUT2D eigenvalue weighted by Crippen LogP contribution is -2.44. The van der Waals surface area contributed by atoms with E-state index in [2.05, 4.69) is 10.5 Å². The lowest BCUT2D eigenvalue weighted by atomic mass is 9.77. The molecule has 2 bridgehead atoms. The Bertz CT molecular complexity index is 737. The third-order valence-corrected chi connectivity index (χ3v) is 5.22. The number of fused-ring (bicyclic) bond motifs is 1. The van der Waals surface area contributed by atoms with E-state index in [1.165, 1.54) is 0 Å². The van der Waals surface area contributed by atoms with E-state index in [1.54, 1.807) is 17.9 Å². The van der Waals surface area contributed by atoms with Gasteiger partial charge in [-0.3, -0.25) is 14.5 Å². The average molecular weight is 315 g/mol. The van der Waals surface area contributed by atoms with E-state index in [4.69, 9.17) is 9.26 Å². The lowest BCUT2D eigenvalue weighted by molar-refractivity contribution is -0.132. The SMILES string of the molecule is Cc1cc(N2C[C@]34C=C[C@@H](O3)[C@@H](C(=O)NC3CC3)[C@@H]4C2=O)no1. The number of carbonyl (C=O) groups is 2. The predicted octanol–water partition coefficient (Wildman–Crippen LogP) is 0.548. The fourth-order valence-electron chi connectivity index (χ4n) is 4.00. The Labute approximate surface area is 132 Å². The summed E-state index contributed by atoms with van der Waals surface area (Å²) in [5, 5.41) is 6.94. The van der Waals surface area contributed by atoms with E-state index in [0.29, 0.717) is 18.1 Å². The summed E-state index contributed by atoms with van der Waals surface area (Å²) in [4.78, 5) is 27.1. The second-order valence-corrected chi connectivity index (χ2v) is 6.90. The zero-order chi connectivity index (χ0) is 15.8. The Balaban J connectivity index is 1.48. The number of amides is 2. The summed E-state index contributed by atoms with van der Waals surface area (Å²) >= 11 is 0. The van der Waals surface area contributed by atoms with E-state index in [1.807, 2.05) is 12.2 Å². The predicted molar refractivity (Wildman–Crippen MR) is 78.5 cm³/mol. The van der Waals surface area contributed by atoms with Crippen LogP contribution in [0.15, 0.2) is 22.7 Å². The topological polar surface area (TPSA) is 84.7 Å². The first-order chi connectivity index (χ1) is 11.1. The summed E-state index contributed by atoms with van der Waals surface area (Å²) in [6.07, 6.45) is 5.60. The van der Waals surface area contributed by atoms with Gasteiger partial charge in [-0.05, 0) is 19.8 Å². The Morgan fingerprint density at radius 3 is 3.00 bits per heavy atom. The highest BCUT2D eigenvalue weighted by Crippen LogP contribution is 2.52. The monoisotopic (exact) mass is 315 g/mol. The van der Waals surface area contributed by atoms with Crippen LogP contribution in [-0.2, 0) is 14.3 Å². The van der Waals surface area contributed by atoms with Gasteiger partial charge in [-0.25, -0.2) is 0 Å². The molecule has 0 aromatic carbocycles. The second-order valence-electron chi connectivity index (χ2n) is 6.90. The molecule has 1 aliphatic carbocycles. The van der Waals surface area contributed by atoms with Crippen LogP contribution in [0, 0.1) is 18.8 Å². The molecule has 4 heterocycles. The number of rotatable bonds is 3. The first-order valence-corrected chi connectivity index (χ1v) is 8.00. The van der Waals surface area contributed by atoms with Crippen molar-refractivity contribution in [2.24, 2.45) is 11.8 Å². The van der Waals surface area contributed by atoms with Gasteiger partial charge in [0.05, 0.1) is 24.5 Å². The number of hydrogen-bond donors (Lipinski definition) is 1. The van der Waals surface area contributed by atoms with Crippen LogP contribution in [0.5, 0.6) is 0 Å². The maximum Gasteiger partial charge on any atom is 0.235 e. The summed E-state index contributed by atoms with van der Waals surface area (Å²) in [5.41, 5.74) is -0.708. The van der Waals surface area contributed by atoms with Crippen LogP contribution in [-0.4, -0.2) is 41.3 Å². The molecule has 2 saturated heterocycles. The van der Waals surface area contributed by atoms with E-state index < -0.39 is 17.4 Å². The molecule has 1 aromatic heterocycles. The molecule has 1 spiro atoms. The van der Waals surface area contributed by atoms with Crippen LogP contribution < -0.4 is 10.2 Å². The molecule has 1 saturated carbocycles. The summed E-state index contributed by atoms with van der Waals surface area (Å²) < 4.78 is 11.1. The molecular weight excluding hydrogens is 298 g/mol. The van der Waals surface area contributed by atoms with Crippen molar-refractivity contribution in [1.82, 2.24) is 10.5 Å². The Hall–Kier alpha value is -2.15. The first-order valence-electron chi connectivity index (χ1n) is 8.00. The van der Waals surface area contributed by atoms with Crippen molar-refractivity contribution in [2.45, 2.75) is 37.5 Å². The maximum atomic E-state index is 12.9. The van der Waals surface area contributed by atoms with Gasteiger partial charge in [-0.2, -0.15) is 0 Å². The fraction of sp³-hybridized carbons (Fsp3) is 0.562. The van der Waals surface area contributed by atoms with Crippen molar-refractivity contribution < 1.29 is 18.8 Å². The highest BCUT2D eigenvalue weighted by atomic mass is 16.5. The van der Waals surface area contributed by atoms with Crippen molar-refractivity contribution in [3.63, 3.8) is 0 Å². The van der Waals surface area contributed by atoms with E-state index in [-0.39, 0.29) is 24.0 Å². The van der Waals surface area contributed by atoms with Crippen molar-refractivity contribution in [1.29, 1.82) is 0 Å². The lowest BCUT2D eigenvalue weighted by Gasteiger charge is -2.23. The molecule has 1 N–H and O–H groups in total. The Kier molecular flexibility index (Phi) is 2.44. The van der Waals surface area contributed by atoms with Crippen LogP contribution in [0.2, 0.25) is 0 Å². The number of hydrogen-bond acceptors (Lipinski definition) is 5. The number of anilines is 1. The number of nitrogens with one attached hydrogen (secondary N) is 1. The Morgan fingerprint density at radius 1 is 1.48 bits per heavy atom. The van der Waals surface area contributed by atoms with Crippen molar-refractivity contribution in [3.05, 3.63) is 24.0 Å². The quantitative estimate of drug-likeness (QED) is 0.823. The van der Waals surface area contributed by atoms with Crippen LogP contribution in [0.4, 0.5) is 5.82 Å². The van der Waals surface area contributed by atoms with Crippen LogP contribution in [0.3, 0.4) is 0 Å². The smallest absolute Gasteiger partial charge is 0.235 e. The van der Waals surface area contributed by atoms with Gasteiger partial charge in [-0.1, -0.05) is 17.3 Å².